The van der Waals surface area contributed by atoms with Gasteiger partial charge in [-0.15, -0.1) is 0 Å². The number of rotatable bonds is 17. The summed E-state index contributed by atoms with van der Waals surface area (Å²) in [6.45, 7) is 9.28. The predicted octanol–water partition coefficient (Wildman–Crippen LogP) is 6.08. The summed E-state index contributed by atoms with van der Waals surface area (Å²) in [5, 5.41) is 0.405. The van der Waals surface area contributed by atoms with Gasteiger partial charge in [0.05, 0.1) is 26.4 Å². The summed E-state index contributed by atoms with van der Waals surface area (Å²) in [6, 6.07) is 0. The van der Waals surface area contributed by atoms with Crippen LogP contribution in [-0.2, 0) is 28.5 Å². The molecule has 0 rings (SSSR count). The van der Waals surface area contributed by atoms with Gasteiger partial charge in [-0.2, -0.15) is 0 Å². The maximum Gasteiger partial charge on any atom is 0.305 e. The second-order valence-electron chi connectivity index (χ2n) is 6.82. The first-order chi connectivity index (χ1) is 15.4. The number of carbonyl (C=O) groups excluding carboxylic acids is 2. The number of unbranched alkanes of at least 4 members (excludes halogenated alkanes) is 1. The summed E-state index contributed by atoms with van der Waals surface area (Å²) >= 11 is 13.6. The second kappa shape index (κ2) is 21.0. The third-order valence-corrected chi connectivity index (χ3v) is 7.35. The molecule has 0 bridgehead atoms. The summed E-state index contributed by atoms with van der Waals surface area (Å²) < 4.78 is 22.0. The highest BCUT2D eigenvalue weighted by atomic mass is 32.2. The summed E-state index contributed by atoms with van der Waals surface area (Å²) in [7, 11) is 0. The molecule has 0 saturated carbocycles. The molecule has 0 aromatic carbocycles. The molecule has 0 saturated heterocycles. The van der Waals surface area contributed by atoms with Crippen molar-refractivity contribution in [3.05, 3.63) is 0 Å². The fourth-order valence-electron chi connectivity index (χ4n) is 2.87. The maximum atomic E-state index is 11.7. The molecule has 0 fully saturated rings. The Morgan fingerprint density at radius 2 is 0.969 bits per heavy atom. The molecule has 0 spiro atoms. The lowest BCUT2D eigenvalue weighted by Crippen LogP contribution is -2.14. The standard InChI is InChI=1S/C22H38O6S4/c1-5-25-19(23)15-13-17(31-21(29)27-7-3)11-9-10-12-18(32-22(30)28-8-4)14-16-20(24)26-6-2/h17-18H,5-16H2,1-4H3. The quantitative estimate of drug-likeness (QED) is 0.126. The molecule has 0 aromatic heterocycles. The van der Waals surface area contributed by atoms with Crippen LogP contribution < -0.4 is 0 Å². The molecule has 0 radical (unpaired) electrons. The van der Waals surface area contributed by atoms with Crippen LogP contribution in [0.1, 0.15) is 79.1 Å². The van der Waals surface area contributed by atoms with Gasteiger partial charge in [0.1, 0.15) is 0 Å². The zero-order valence-electron chi connectivity index (χ0n) is 19.7. The van der Waals surface area contributed by atoms with E-state index in [1.807, 2.05) is 27.7 Å². The highest BCUT2D eigenvalue weighted by Crippen LogP contribution is 2.28. The molecule has 0 amide bonds. The number of carbonyl (C=O) groups is 2. The Hall–Kier alpha value is -0.580. The van der Waals surface area contributed by atoms with E-state index in [1.54, 1.807) is 0 Å². The molecule has 2 unspecified atom stereocenters. The Bertz CT molecular complexity index is 511. The minimum absolute atomic E-state index is 0.180. The molecule has 0 N–H and O–H groups in total. The maximum absolute atomic E-state index is 11.7. The van der Waals surface area contributed by atoms with Crippen LogP contribution in [0.15, 0.2) is 0 Å². The van der Waals surface area contributed by atoms with Crippen molar-refractivity contribution in [3.63, 3.8) is 0 Å². The fourth-order valence-corrected chi connectivity index (χ4v) is 5.88. The van der Waals surface area contributed by atoms with E-state index in [4.69, 9.17) is 43.4 Å². The Balaban J connectivity index is 4.65. The van der Waals surface area contributed by atoms with Gasteiger partial charge in [-0.25, -0.2) is 0 Å². The summed E-state index contributed by atoms with van der Waals surface area (Å²) in [5.74, 6) is -0.361. The SMILES string of the molecule is CCOC(=O)CCC(CCCCC(CCC(=O)OCC)SC(=S)OCC)SC(=S)OCC. The minimum atomic E-state index is -0.180. The molecule has 186 valence electrons. The van der Waals surface area contributed by atoms with Gasteiger partial charge in [-0.3, -0.25) is 9.59 Å². The Morgan fingerprint density at radius 1 is 0.625 bits per heavy atom. The van der Waals surface area contributed by atoms with Crippen LogP contribution in [0.2, 0.25) is 0 Å². The first-order valence-electron chi connectivity index (χ1n) is 11.3. The van der Waals surface area contributed by atoms with Crippen LogP contribution >= 0.6 is 48.0 Å². The molecule has 0 aliphatic rings. The van der Waals surface area contributed by atoms with E-state index >= 15 is 0 Å². The molecule has 0 heterocycles. The van der Waals surface area contributed by atoms with Gasteiger partial charge in [0.25, 0.3) is 0 Å². The molecule has 32 heavy (non-hydrogen) atoms. The monoisotopic (exact) mass is 526 g/mol. The molecule has 0 aromatic rings. The molecule has 6 nitrogen and oxygen atoms in total. The van der Waals surface area contributed by atoms with E-state index in [0.717, 1.165) is 25.7 Å². The van der Waals surface area contributed by atoms with Crippen LogP contribution in [0.3, 0.4) is 0 Å². The third-order valence-electron chi connectivity index (χ3n) is 4.30. The minimum Gasteiger partial charge on any atom is -0.479 e. The first-order valence-corrected chi connectivity index (χ1v) is 13.9. The van der Waals surface area contributed by atoms with Crippen LogP contribution in [0.5, 0.6) is 0 Å². The van der Waals surface area contributed by atoms with Gasteiger partial charge >= 0.3 is 11.9 Å². The highest BCUT2D eigenvalue weighted by molar-refractivity contribution is 8.23. The number of esters is 2. The molecule has 0 aliphatic carbocycles. The normalized spacial score (nSPS) is 12.5. The average Bonchev–Trinajstić information content (AvgIpc) is 2.73. The average molecular weight is 527 g/mol. The molecule has 2 atom stereocenters. The molecular weight excluding hydrogens is 489 g/mol. The van der Waals surface area contributed by atoms with Crippen molar-refractivity contribution in [2.45, 2.75) is 89.6 Å². The van der Waals surface area contributed by atoms with Crippen LogP contribution in [0, 0.1) is 0 Å². The lowest BCUT2D eigenvalue weighted by Gasteiger charge is -2.19. The van der Waals surface area contributed by atoms with Crippen LogP contribution in [-0.4, -0.2) is 57.6 Å². The highest BCUT2D eigenvalue weighted by Gasteiger charge is 2.18. The number of hydrogen-bond acceptors (Lipinski definition) is 10. The van der Waals surface area contributed by atoms with Gasteiger partial charge in [0.2, 0.25) is 8.77 Å². The van der Waals surface area contributed by atoms with Crippen molar-refractivity contribution < 1.29 is 28.5 Å². The largest absolute Gasteiger partial charge is 0.479 e. The van der Waals surface area contributed by atoms with Crippen molar-refractivity contribution in [1.29, 1.82) is 0 Å². The lowest BCUT2D eigenvalue weighted by molar-refractivity contribution is -0.144. The van der Waals surface area contributed by atoms with Crippen molar-refractivity contribution in [1.82, 2.24) is 0 Å². The third kappa shape index (κ3) is 17.9. The van der Waals surface area contributed by atoms with E-state index in [0.29, 0.717) is 60.9 Å². The first kappa shape index (κ1) is 31.4. The van der Waals surface area contributed by atoms with E-state index in [-0.39, 0.29) is 22.4 Å². The van der Waals surface area contributed by atoms with Gasteiger partial charge < -0.3 is 18.9 Å². The molecular formula is C22H38O6S4. The molecule has 10 heteroatoms. The van der Waals surface area contributed by atoms with E-state index < -0.39 is 0 Å². The molecule has 0 aliphatic heterocycles. The van der Waals surface area contributed by atoms with Gasteiger partial charge in [0, 0.05) is 23.3 Å². The number of ether oxygens (including phenoxy) is 4. The van der Waals surface area contributed by atoms with Crippen molar-refractivity contribution >= 4 is 68.7 Å². The Kier molecular flexibility index (Phi) is 20.6. The fraction of sp³-hybridized carbons (Fsp3) is 0.818. The van der Waals surface area contributed by atoms with Crippen molar-refractivity contribution in [3.8, 4) is 0 Å². The lowest BCUT2D eigenvalue weighted by atomic mass is 10.1. The zero-order valence-corrected chi connectivity index (χ0v) is 23.0. The summed E-state index contributed by atoms with van der Waals surface area (Å²) in [4.78, 5) is 23.5. The van der Waals surface area contributed by atoms with Crippen LogP contribution in [0.4, 0.5) is 0 Å². The predicted molar refractivity (Wildman–Crippen MR) is 141 cm³/mol. The topological polar surface area (TPSA) is 71.1 Å². The Morgan fingerprint density at radius 3 is 1.28 bits per heavy atom. The van der Waals surface area contributed by atoms with E-state index in [2.05, 4.69) is 0 Å². The van der Waals surface area contributed by atoms with Crippen molar-refractivity contribution in [2.75, 3.05) is 26.4 Å². The van der Waals surface area contributed by atoms with E-state index in [1.165, 1.54) is 23.5 Å². The van der Waals surface area contributed by atoms with E-state index in [9.17, 15) is 9.59 Å². The van der Waals surface area contributed by atoms with Crippen LogP contribution in [0.25, 0.3) is 0 Å². The zero-order chi connectivity index (χ0) is 24.2. The van der Waals surface area contributed by atoms with Crippen molar-refractivity contribution in [2.24, 2.45) is 0 Å². The number of thiocarbonyl (C=S) groups is 2. The smallest absolute Gasteiger partial charge is 0.305 e. The van der Waals surface area contributed by atoms with Gasteiger partial charge in [-0.1, -0.05) is 36.4 Å². The van der Waals surface area contributed by atoms with Gasteiger partial charge in [0.15, 0.2) is 0 Å². The number of hydrogen-bond donors (Lipinski definition) is 0. The number of thioether (sulfide) groups is 2. The Labute approximate surface area is 212 Å². The summed E-state index contributed by atoms with van der Waals surface area (Å²) in [5.41, 5.74) is 0. The summed E-state index contributed by atoms with van der Waals surface area (Å²) in [6.07, 6.45) is 5.95. The second-order valence-corrected chi connectivity index (χ2v) is 10.6. The van der Waals surface area contributed by atoms with Gasteiger partial charge in [-0.05, 0) is 77.8 Å².